The first kappa shape index (κ1) is 41.4. The number of nitrogens with zero attached hydrogens (tertiary/aromatic N) is 2. The molecular weight excluding hydrogens is 739 g/mol. The van der Waals surface area contributed by atoms with Crippen LogP contribution in [-0.2, 0) is 11.2 Å². The van der Waals surface area contributed by atoms with Gasteiger partial charge in [0.05, 0.1) is 37.6 Å². The third kappa shape index (κ3) is 9.24. The van der Waals surface area contributed by atoms with Gasteiger partial charge >= 0.3 is 6.09 Å². The SMILES string of the molecule is C=C1CNC(O)[C@@H]2C[C@]3(CCc4c(c(C5CC5)nc5cc(OC)ccc45)O3)CN2C(=O)[C@@](C)(NC(=O)Oc2ccc(C)cc2)CCCCC/C=C\C1=C/C(O)NCO. The highest BCUT2D eigenvalue weighted by atomic mass is 16.6. The monoisotopic (exact) mass is 795 g/mol. The third-order valence-corrected chi connectivity index (χ3v) is 12.0. The summed E-state index contributed by atoms with van der Waals surface area (Å²) < 4.78 is 18.3. The molecule has 7 rings (SSSR count). The number of amides is 2. The van der Waals surface area contributed by atoms with Crippen LogP contribution in [0.2, 0.25) is 0 Å². The van der Waals surface area contributed by atoms with E-state index in [2.05, 4.69) is 22.5 Å². The van der Waals surface area contributed by atoms with E-state index in [4.69, 9.17) is 19.2 Å². The number of ether oxygens (including phenoxy) is 3. The van der Waals surface area contributed by atoms with Crippen LogP contribution in [0.15, 0.2) is 78.4 Å². The summed E-state index contributed by atoms with van der Waals surface area (Å²) in [7, 11) is 1.65. The molecule has 2 aromatic carbocycles. The predicted molar refractivity (Wildman–Crippen MR) is 220 cm³/mol. The predicted octanol–water partition coefficient (Wildman–Crippen LogP) is 5.41. The van der Waals surface area contributed by atoms with Gasteiger partial charge in [-0.3, -0.25) is 15.4 Å². The first-order valence-electron chi connectivity index (χ1n) is 20.5. The van der Waals surface area contributed by atoms with E-state index in [-0.39, 0.29) is 24.9 Å². The second kappa shape index (κ2) is 17.6. The largest absolute Gasteiger partial charge is 0.497 e. The number of aliphatic hydroxyl groups excluding tert-OH is 3. The van der Waals surface area contributed by atoms with Crippen molar-refractivity contribution in [2.75, 3.05) is 26.9 Å². The molecule has 3 aromatic rings. The Morgan fingerprint density at radius 2 is 1.93 bits per heavy atom. The van der Waals surface area contributed by atoms with Crippen LogP contribution in [0.4, 0.5) is 4.79 Å². The van der Waals surface area contributed by atoms with Crippen LogP contribution < -0.4 is 30.2 Å². The number of benzene rings is 2. The van der Waals surface area contributed by atoms with E-state index in [1.807, 2.05) is 49.4 Å². The minimum absolute atomic E-state index is 0.141. The summed E-state index contributed by atoms with van der Waals surface area (Å²) in [6.45, 7) is 7.86. The van der Waals surface area contributed by atoms with Gasteiger partial charge in [0.15, 0.2) is 0 Å². The van der Waals surface area contributed by atoms with Gasteiger partial charge in [0.1, 0.15) is 40.8 Å². The number of hydrogen-bond donors (Lipinski definition) is 6. The zero-order valence-electron chi connectivity index (χ0n) is 33.8. The molecule has 5 atom stereocenters. The van der Waals surface area contributed by atoms with Gasteiger partial charge in [-0.2, -0.15) is 0 Å². The second-order valence-electron chi connectivity index (χ2n) is 16.5. The smallest absolute Gasteiger partial charge is 0.413 e. The molecule has 0 bridgehead atoms. The molecule has 0 radical (unpaired) electrons. The van der Waals surface area contributed by atoms with Crippen molar-refractivity contribution in [3.63, 3.8) is 0 Å². The van der Waals surface area contributed by atoms with Gasteiger partial charge in [0.2, 0.25) is 5.91 Å². The Balaban J connectivity index is 1.22. The molecule has 13 heteroatoms. The summed E-state index contributed by atoms with van der Waals surface area (Å²) in [5, 5.41) is 41.5. The molecule has 310 valence electrons. The van der Waals surface area contributed by atoms with Gasteiger partial charge in [0, 0.05) is 35.9 Å². The molecule has 1 aromatic heterocycles. The van der Waals surface area contributed by atoms with Crippen LogP contribution in [0, 0.1) is 6.92 Å². The van der Waals surface area contributed by atoms with Crippen molar-refractivity contribution in [1.29, 1.82) is 0 Å². The molecule has 58 heavy (non-hydrogen) atoms. The normalized spacial score (nSPS) is 27.5. The Labute approximate surface area is 340 Å². The minimum Gasteiger partial charge on any atom is -0.497 e. The number of carbonyl (C=O) groups is 2. The molecule has 2 unspecified atom stereocenters. The lowest BCUT2D eigenvalue weighted by atomic mass is 9.86. The lowest BCUT2D eigenvalue weighted by molar-refractivity contribution is -0.141. The van der Waals surface area contributed by atoms with Crippen molar-refractivity contribution in [1.82, 2.24) is 25.8 Å². The van der Waals surface area contributed by atoms with Crippen LogP contribution >= 0.6 is 0 Å². The summed E-state index contributed by atoms with van der Waals surface area (Å²) in [5.74, 6) is 1.83. The minimum atomic E-state index is -1.36. The van der Waals surface area contributed by atoms with E-state index in [0.717, 1.165) is 71.3 Å². The number of hydrogen-bond acceptors (Lipinski definition) is 11. The highest BCUT2D eigenvalue weighted by Gasteiger charge is 2.55. The van der Waals surface area contributed by atoms with Crippen LogP contribution in [-0.4, -0.2) is 93.8 Å². The van der Waals surface area contributed by atoms with E-state index in [1.165, 1.54) is 0 Å². The first-order chi connectivity index (χ1) is 27.9. The van der Waals surface area contributed by atoms with Crippen molar-refractivity contribution in [3.8, 4) is 17.2 Å². The third-order valence-electron chi connectivity index (χ3n) is 12.0. The molecule has 1 aliphatic carbocycles. The number of methoxy groups -OCH3 is 1. The Hall–Kier alpha value is -4.79. The number of pyridine rings is 1. The molecule has 4 aliphatic rings. The fraction of sp³-hybridized carbons (Fsp3) is 0.489. The average molecular weight is 796 g/mol. The lowest BCUT2D eigenvalue weighted by Gasteiger charge is -2.38. The van der Waals surface area contributed by atoms with Gasteiger partial charge in [-0.25, -0.2) is 9.78 Å². The highest BCUT2D eigenvalue weighted by molar-refractivity contribution is 5.91. The Kier molecular flexibility index (Phi) is 12.6. The van der Waals surface area contributed by atoms with Gasteiger partial charge < -0.3 is 39.7 Å². The molecule has 6 N–H and O–H groups in total. The van der Waals surface area contributed by atoms with Crippen molar-refractivity contribution in [2.24, 2.45) is 0 Å². The van der Waals surface area contributed by atoms with E-state index < -0.39 is 42.5 Å². The molecule has 1 saturated heterocycles. The molecule has 2 fully saturated rings. The maximum Gasteiger partial charge on any atom is 0.413 e. The zero-order valence-corrected chi connectivity index (χ0v) is 33.8. The molecule has 13 nitrogen and oxygen atoms in total. The van der Waals surface area contributed by atoms with Crippen molar-refractivity contribution < 1.29 is 39.1 Å². The quantitative estimate of drug-likeness (QED) is 0.169. The fourth-order valence-electron chi connectivity index (χ4n) is 8.51. The summed E-state index contributed by atoms with van der Waals surface area (Å²) in [6.07, 6.45) is 9.37. The second-order valence-corrected chi connectivity index (χ2v) is 16.5. The van der Waals surface area contributed by atoms with Gasteiger partial charge in [-0.15, -0.1) is 0 Å². The molecule has 4 heterocycles. The van der Waals surface area contributed by atoms with Crippen molar-refractivity contribution in [2.45, 2.75) is 114 Å². The summed E-state index contributed by atoms with van der Waals surface area (Å²) in [6, 6.07) is 12.3. The summed E-state index contributed by atoms with van der Waals surface area (Å²) in [5.41, 5.74) is 2.96. The van der Waals surface area contributed by atoms with Crippen molar-refractivity contribution >= 4 is 22.9 Å². The maximum atomic E-state index is 15.2. The van der Waals surface area contributed by atoms with Crippen LogP contribution in [0.1, 0.15) is 87.4 Å². The molecule has 1 spiro atoms. The Morgan fingerprint density at radius 1 is 1.16 bits per heavy atom. The summed E-state index contributed by atoms with van der Waals surface area (Å²) in [4.78, 5) is 35.5. The number of aromatic nitrogens is 1. The number of aliphatic hydroxyl groups is 3. The van der Waals surface area contributed by atoms with E-state index in [1.54, 1.807) is 37.1 Å². The standard InChI is InChI=1S/C45H57N5O8/c1-28-11-15-32(16-12-28)57-43(55)49-44(3)20-9-7-5-6-8-10-31(22-38(52)47-27-51)29(2)25-46-41(53)37-24-45(26-50(37)42(44)54)21-19-35-34-18-17-33(56-4)23-36(34)48-39(30-13-14-30)40(35)58-45/h8,10-12,15-18,22-23,30,37-38,41,46-47,51-53H,2,5-7,9,13-14,19-21,24-27H2,1,3-4H3,(H,49,55)/b10-8-,31-22+/t37-,38?,41?,44-,45+/m0/s1. The van der Waals surface area contributed by atoms with E-state index >= 15 is 4.79 Å². The number of allylic oxidation sites excluding steroid dienone is 2. The number of carbonyl (C=O) groups excluding carboxylic acids is 2. The Bertz CT molecular complexity index is 2070. The van der Waals surface area contributed by atoms with Crippen LogP contribution in [0.3, 0.4) is 0 Å². The van der Waals surface area contributed by atoms with Gasteiger partial charge in [0.25, 0.3) is 0 Å². The Morgan fingerprint density at radius 3 is 2.67 bits per heavy atom. The maximum absolute atomic E-state index is 15.2. The number of aryl methyl sites for hydroxylation is 2. The average Bonchev–Trinajstić information content (AvgIpc) is 3.99. The summed E-state index contributed by atoms with van der Waals surface area (Å²) >= 11 is 0. The van der Waals surface area contributed by atoms with Gasteiger partial charge in [-0.05, 0) is 100 Å². The highest BCUT2D eigenvalue weighted by Crippen LogP contribution is 2.51. The molecule has 1 saturated carbocycles. The fourth-order valence-corrected chi connectivity index (χ4v) is 8.51. The molecule has 3 aliphatic heterocycles. The molecular formula is C45H57N5O8. The van der Waals surface area contributed by atoms with E-state index in [0.29, 0.717) is 49.0 Å². The van der Waals surface area contributed by atoms with E-state index in [9.17, 15) is 20.1 Å². The first-order valence-corrected chi connectivity index (χ1v) is 20.5. The van der Waals surface area contributed by atoms with Crippen LogP contribution in [0.25, 0.3) is 10.9 Å². The molecule has 2 amide bonds. The lowest BCUT2D eigenvalue weighted by Crippen LogP contribution is -2.61. The van der Waals surface area contributed by atoms with Crippen molar-refractivity contribution in [3.05, 3.63) is 95.2 Å². The topological polar surface area (TPSA) is 175 Å². The number of fused-ring (bicyclic) bond motifs is 4. The number of nitrogens with one attached hydrogen (secondary N) is 3. The van der Waals surface area contributed by atoms with Crippen LogP contribution in [0.5, 0.6) is 17.2 Å². The zero-order chi connectivity index (χ0) is 41.0. The van der Waals surface area contributed by atoms with Gasteiger partial charge in [-0.1, -0.05) is 49.3 Å². The number of rotatable bonds is 7.